The van der Waals surface area contributed by atoms with E-state index in [1.807, 2.05) is 0 Å². The molecule has 1 amide bonds. The maximum absolute atomic E-state index is 13.0. The smallest absolute Gasteiger partial charge is 0.375 e. The van der Waals surface area contributed by atoms with Gasteiger partial charge in [-0.2, -0.15) is 5.23 Å². The van der Waals surface area contributed by atoms with Gasteiger partial charge in [0.2, 0.25) is 5.78 Å². The molecule has 0 aliphatic rings. The van der Waals surface area contributed by atoms with Crippen LogP contribution in [0, 0.1) is 5.21 Å². The minimum Gasteiger partial charge on any atom is -0.595 e. The van der Waals surface area contributed by atoms with Crippen LogP contribution < -0.4 is 16.1 Å². The minimum atomic E-state index is -2.28. The van der Waals surface area contributed by atoms with Gasteiger partial charge in [0, 0.05) is 12.1 Å². The van der Waals surface area contributed by atoms with Crippen molar-refractivity contribution in [3.05, 3.63) is 66.7 Å². The summed E-state index contributed by atoms with van der Waals surface area (Å²) in [7, 11) is 0.864. The molecule has 0 fully saturated rings. The molecule has 182 valence electrons. The first-order valence-electron chi connectivity index (χ1n) is 9.33. The number of esters is 1. The maximum Gasteiger partial charge on any atom is 0.375 e. The number of amides is 1. The van der Waals surface area contributed by atoms with Crippen LogP contribution in [0.1, 0.15) is 11.6 Å². The summed E-state index contributed by atoms with van der Waals surface area (Å²) in [6.45, 7) is 0. The van der Waals surface area contributed by atoms with Crippen LogP contribution in [-0.4, -0.2) is 45.7 Å². The molecule has 0 aliphatic carbocycles. The average molecular weight is 544 g/mol. The number of Topliss-reactive ketones (excluding diaryl/α,β-unsaturated/α-hetero) is 2. The zero-order chi connectivity index (χ0) is 26.0. The molecule has 15 heteroatoms. The largest absolute Gasteiger partial charge is 0.595 e. The Balaban J connectivity index is 2.07. The van der Waals surface area contributed by atoms with E-state index in [1.165, 1.54) is 12.1 Å². The number of halogens is 3. The highest BCUT2D eigenvalue weighted by Crippen LogP contribution is 2.32. The topological polar surface area (TPSA) is 183 Å². The van der Waals surface area contributed by atoms with Crippen molar-refractivity contribution >= 4 is 80.7 Å². The number of anilines is 1. The van der Waals surface area contributed by atoms with E-state index in [4.69, 9.17) is 40.0 Å². The van der Waals surface area contributed by atoms with E-state index < -0.39 is 45.8 Å². The molecular formula is C20H13Cl3N4O8. The summed E-state index contributed by atoms with van der Waals surface area (Å²) in [5.74, 6) is -8.27. The lowest BCUT2D eigenvalue weighted by Crippen LogP contribution is -2.99. The summed E-state index contributed by atoms with van der Waals surface area (Å²) in [5.41, 5.74) is -2.24. The third-order valence-corrected chi connectivity index (χ3v) is 5.67. The standard InChI is InChI=1S/C20H13Cl3N4O8/c1-35-20(32)17(29)14(16(28)19(31)25-12-6-9(22)8(21)5-10(12)23)15-18(30)26-13-4-7(27(33)34)2-3-11(13)24-15/h2-6,14,27,33H,1H3,(H,25,31)(H,26,30). The van der Waals surface area contributed by atoms with Crippen molar-refractivity contribution in [1.29, 1.82) is 0 Å². The van der Waals surface area contributed by atoms with Crippen LogP contribution in [0.5, 0.6) is 0 Å². The maximum atomic E-state index is 13.0. The number of carbonyl (C=O) groups is 4. The van der Waals surface area contributed by atoms with E-state index in [0.29, 0.717) is 0 Å². The molecule has 2 unspecified atom stereocenters. The highest BCUT2D eigenvalue weighted by molar-refractivity contribution is 6.53. The summed E-state index contributed by atoms with van der Waals surface area (Å²) in [6, 6.07) is 5.82. The number of ether oxygens (including phenoxy) is 1. The number of hydrogen-bond acceptors (Lipinski definition) is 9. The van der Waals surface area contributed by atoms with Crippen molar-refractivity contribution in [3.63, 3.8) is 0 Å². The van der Waals surface area contributed by atoms with Crippen molar-refractivity contribution in [2.75, 3.05) is 12.4 Å². The molecule has 3 aromatic rings. The van der Waals surface area contributed by atoms with E-state index in [1.54, 1.807) is 0 Å². The van der Waals surface area contributed by atoms with E-state index in [2.05, 4.69) is 20.0 Å². The number of rotatable bonds is 7. The average Bonchev–Trinajstić information content (AvgIpc) is 2.81. The van der Waals surface area contributed by atoms with Crippen molar-refractivity contribution < 1.29 is 34.3 Å². The number of aromatic amines is 1. The summed E-state index contributed by atoms with van der Waals surface area (Å²) >= 11 is 17.7. The normalized spacial score (nSPS) is 12.6. The number of H-pyrrole nitrogens is 1. The van der Waals surface area contributed by atoms with Gasteiger partial charge in [-0.25, -0.2) is 15.0 Å². The molecule has 0 spiro atoms. The van der Waals surface area contributed by atoms with Crippen LogP contribution >= 0.6 is 34.8 Å². The lowest BCUT2D eigenvalue weighted by Gasteiger charge is -2.15. The lowest BCUT2D eigenvalue weighted by molar-refractivity contribution is -0.991. The fraction of sp³-hybridized carbons (Fsp3) is 0.100. The quantitative estimate of drug-likeness (QED) is 0.112. The molecule has 12 nitrogen and oxygen atoms in total. The number of nitrogens with one attached hydrogen (secondary N) is 3. The Labute approximate surface area is 209 Å². The SMILES string of the molecule is COC(=O)C(=O)C(C(=O)C(=O)Nc1cc(Cl)c(Cl)cc1Cl)c1nc2ccc([NH+]([O-])O)cc2[nH]c1=O. The Bertz CT molecular complexity index is 1440. The molecule has 0 bridgehead atoms. The molecule has 0 saturated heterocycles. The summed E-state index contributed by atoms with van der Waals surface area (Å²) in [5, 5.41) is 21.1. The van der Waals surface area contributed by atoms with Crippen molar-refractivity contribution in [1.82, 2.24) is 9.97 Å². The van der Waals surface area contributed by atoms with Crippen molar-refractivity contribution in [2.24, 2.45) is 0 Å². The Morgan fingerprint density at radius 3 is 2.37 bits per heavy atom. The highest BCUT2D eigenvalue weighted by atomic mass is 35.5. The number of fused-ring (bicyclic) bond motifs is 1. The number of ketones is 2. The second kappa shape index (κ2) is 10.5. The zero-order valence-corrected chi connectivity index (χ0v) is 19.6. The van der Waals surface area contributed by atoms with E-state index in [0.717, 1.165) is 25.3 Å². The van der Waals surface area contributed by atoms with Crippen molar-refractivity contribution in [3.8, 4) is 0 Å². The van der Waals surface area contributed by atoms with Gasteiger partial charge in [0.25, 0.3) is 17.2 Å². The van der Waals surface area contributed by atoms with Crippen LogP contribution in [-0.2, 0) is 23.9 Å². The fourth-order valence-electron chi connectivity index (χ4n) is 2.95. The van der Waals surface area contributed by atoms with E-state index in [9.17, 15) is 29.2 Å². The van der Waals surface area contributed by atoms with E-state index >= 15 is 0 Å². The molecule has 4 N–H and O–H groups in total. The Morgan fingerprint density at radius 2 is 1.74 bits per heavy atom. The third kappa shape index (κ3) is 5.48. The van der Waals surface area contributed by atoms with Gasteiger partial charge in [-0.05, 0) is 18.2 Å². The molecule has 35 heavy (non-hydrogen) atoms. The zero-order valence-electron chi connectivity index (χ0n) is 17.4. The number of quaternary nitrogens is 1. The molecule has 0 aliphatic heterocycles. The molecular weight excluding hydrogens is 531 g/mol. The van der Waals surface area contributed by atoms with Crippen molar-refractivity contribution in [2.45, 2.75) is 5.92 Å². The van der Waals surface area contributed by atoms with Gasteiger partial charge in [-0.3, -0.25) is 19.2 Å². The number of carbonyl (C=O) groups excluding carboxylic acids is 4. The monoisotopic (exact) mass is 542 g/mol. The Kier molecular flexibility index (Phi) is 7.85. The number of methoxy groups -OCH3 is 1. The molecule has 0 radical (unpaired) electrons. The number of nitrogens with zero attached hydrogens (tertiary/aromatic N) is 1. The predicted octanol–water partition coefficient (Wildman–Crippen LogP) is 1.32. The third-order valence-electron chi connectivity index (χ3n) is 4.63. The number of hydrogen-bond donors (Lipinski definition) is 4. The first-order chi connectivity index (χ1) is 16.4. The van der Waals surface area contributed by atoms with Gasteiger partial charge < -0.3 is 20.2 Å². The number of aromatic nitrogens is 2. The van der Waals surface area contributed by atoms with Gasteiger partial charge in [0.05, 0.1) is 38.9 Å². The second-order valence-corrected chi connectivity index (χ2v) is 8.06. The number of benzene rings is 2. The molecule has 3 rings (SSSR count). The molecule has 2 aromatic carbocycles. The summed E-state index contributed by atoms with van der Waals surface area (Å²) in [6.07, 6.45) is 0. The van der Waals surface area contributed by atoms with Crippen LogP contribution in [0.3, 0.4) is 0 Å². The predicted molar refractivity (Wildman–Crippen MR) is 123 cm³/mol. The molecule has 1 aromatic heterocycles. The Hall–Kier alpha value is -3.39. The fourth-order valence-corrected chi connectivity index (χ4v) is 3.54. The van der Waals surface area contributed by atoms with Gasteiger partial charge in [-0.15, -0.1) is 0 Å². The Morgan fingerprint density at radius 1 is 1.09 bits per heavy atom. The van der Waals surface area contributed by atoms with Crippen LogP contribution in [0.15, 0.2) is 35.1 Å². The lowest BCUT2D eigenvalue weighted by atomic mass is 9.94. The summed E-state index contributed by atoms with van der Waals surface area (Å²) < 4.78 is 4.35. The summed E-state index contributed by atoms with van der Waals surface area (Å²) in [4.78, 5) is 69.2. The first kappa shape index (κ1) is 26.2. The highest BCUT2D eigenvalue weighted by Gasteiger charge is 2.40. The van der Waals surface area contributed by atoms with Gasteiger partial charge in [-0.1, -0.05) is 34.8 Å². The van der Waals surface area contributed by atoms with Crippen LogP contribution in [0.25, 0.3) is 11.0 Å². The van der Waals surface area contributed by atoms with Gasteiger partial charge in [0.15, 0.2) is 5.69 Å². The van der Waals surface area contributed by atoms with E-state index in [-0.39, 0.29) is 37.5 Å². The second-order valence-electron chi connectivity index (χ2n) is 6.84. The van der Waals surface area contributed by atoms with Gasteiger partial charge >= 0.3 is 5.97 Å². The van der Waals surface area contributed by atoms with Crippen LogP contribution in [0.4, 0.5) is 11.4 Å². The molecule has 2 atom stereocenters. The van der Waals surface area contributed by atoms with Gasteiger partial charge in [0.1, 0.15) is 11.6 Å². The van der Waals surface area contributed by atoms with Crippen LogP contribution in [0.2, 0.25) is 15.1 Å². The first-order valence-corrected chi connectivity index (χ1v) is 10.5. The minimum absolute atomic E-state index is 0.00521. The molecule has 1 heterocycles. The molecule has 0 saturated carbocycles.